The van der Waals surface area contributed by atoms with E-state index in [2.05, 4.69) is 26.2 Å². The lowest BCUT2D eigenvalue weighted by molar-refractivity contribution is -0.178. The largest absolute Gasteiger partial charge is 0.481 e. The van der Waals surface area contributed by atoms with E-state index < -0.39 is 18.0 Å². The molecule has 0 spiro atoms. The molecule has 8 heteroatoms. The predicted molar refractivity (Wildman–Crippen MR) is 65.6 cm³/mol. The molecule has 1 N–H and O–H groups in total. The molecule has 1 unspecified atom stereocenters. The molecule has 1 heterocycles. The molecule has 0 aliphatic heterocycles. The highest BCUT2D eigenvalue weighted by molar-refractivity contribution is 9.10. The molecular weight excluding hydrogens is 329 g/mol. The van der Waals surface area contributed by atoms with Gasteiger partial charge < -0.3 is 10.1 Å². The Morgan fingerprint density at radius 2 is 2.21 bits per heavy atom. The molecule has 0 bridgehead atoms. The van der Waals surface area contributed by atoms with Gasteiger partial charge in [-0.25, -0.2) is 4.98 Å². The van der Waals surface area contributed by atoms with Gasteiger partial charge in [0.2, 0.25) is 11.8 Å². The molecule has 19 heavy (non-hydrogen) atoms. The molecule has 0 saturated carbocycles. The Balaban J connectivity index is 2.72. The molecule has 106 valence electrons. The van der Waals surface area contributed by atoms with Crippen LogP contribution < -0.4 is 10.1 Å². The Morgan fingerprint density at radius 1 is 1.58 bits per heavy atom. The lowest BCUT2D eigenvalue weighted by Crippen LogP contribution is -2.37. The zero-order chi connectivity index (χ0) is 14.6. The highest BCUT2D eigenvalue weighted by atomic mass is 79.9. The Kier molecular flexibility index (Phi) is 5.16. The number of carbonyl (C=O) groups excluding carboxylic acids is 1. The summed E-state index contributed by atoms with van der Waals surface area (Å²) < 4.78 is 42.6. The molecule has 1 atom stereocenters. The summed E-state index contributed by atoms with van der Waals surface area (Å²) in [4.78, 5) is 15.3. The molecule has 1 rings (SSSR count). The first kappa shape index (κ1) is 15.7. The number of nitrogens with zero attached hydrogens (tertiary/aromatic N) is 1. The predicted octanol–water partition coefficient (Wildman–Crippen LogP) is 2.67. The first-order chi connectivity index (χ1) is 8.75. The first-order valence-corrected chi connectivity index (χ1v) is 6.08. The summed E-state index contributed by atoms with van der Waals surface area (Å²) in [6, 6.07) is 1.62. The van der Waals surface area contributed by atoms with Crippen LogP contribution in [0.1, 0.15) is 12.5 Å². The van der Waals surface area contributed by atoms with Crippen molar-refractivity contribution in [3.8, 4) is 5.88 Å². The summed E-state index contributed by atoms with van der Waals surface area (Å²) >= 11 is 3.18. The second-order valence-electron chi connectivity index (χ2n) is 3.80. The van der Waals surface area contributed by atoms with E-state index in [4.69, 9.17) is 4.74 Å². The lowest BCUT2D eigenvalue weighted by Gasteiger charge is -2.16. The third-order valence-electron chi connectivity index (χ3n) is 2.42. The van der Waals surface area contributed by atoms with Crippen LogP contribution >= 0.6 is 15.9 Å². The van der Waals surface area contributed by atoms with Gasteiger partial charge in [-0.05, 0) is 28.9 Å². The number of rotatable bonds is 4. The quantitative estimate of drug-likeness (QED) is 0.916. The topological polar surface area (TPSA) is 51.2 Å². The van der Waals surface area contributed by atoms with Gasteiger partial charge in [-0.2, -0.15) is 13.2 Å². The van der Waals surface area contributed by atoms with Crippen molar-refractivity contribution in [3.05, 3.63) is 22.3 Å². The zero-order valence-corrected chi connectivity index (χ0v) is 11.8. The van der Waals surface area contributed by atoms with Crippen molar-refractivity contribution >= 4 is 21.8 Å². The van der Waals surface area contributed by atoms with Crippen molar-refractivity contribution in [2.45, 2.75) is 19.6 Å². The number of pyridine rings is 1. The van der Waals surface area contributed by atoms with Gasteiger partial charge in [0.25, 0.3) is 0 Å². The Morgan fingerprint density at radius 3 is 2.74 bits per heavy atom. The third kappa shape index (κ3) is 4.38. The van der Waals surface area contributed by atoms with Crippen LogP contribution in [0.3, 0.4) is 0 Å². The summed E-state index contributed by atoms with van der Waals surface area (Å²) in [5, 5.41) is 2.21. The van der Waals surface area contributed by atoms with Gasteiger partial charge in [0, 0.05) is 22.8 Å². The van der Waals surface area contributed by atoms with Crippen molar-refractivity contribution < 1.29 is 22.7 Å². The van der Waals surface area contributed by atoms with Gasteiger partial charge >= 0.3 is 6.18 Å². The molecule has 0 saturated heterocycles. The van der Waals surface area contributed by atoms with Gasteiger partial charge in [0.1, 0.15) is 5.92 Å². The molecular formula is C11H12BrF3N2O2. The Hall–Kier alpha value is -1.31. The fourth-order valence-corrected chi connectivity index (χ4v) is 1.64. The number of hydrogen-bond donors (Lipinski definition) is 1. The minimum absolute atomic E-state index is 0.0884. The van der Waals surface area contributed by atoms with Gasteiger partial charge in [-0.15, -0.1) is 0 Å². The third-order valence-corrected chi connectivity index (χ3v) is 2.86. The normalized spacial score (nSPS) is 12.9. The van der Waals surface area contributed by atoms with Crippen LogP contribution in [0.15, 0.2) is 16.7 Å². The smallest absolute Gasteiger partial charge is 0.400 e. The monoisotopic (exact) mass is 340 g/mol. The molecule has 0 aliphatic rings. The minimum Gasteiger partial charge on any atom is -0.481 e. The molecule has 4 nitrogen and oxygen atoms in total. The average Bonchev–Trinajstić information content (AvgIpc) is 2.34. The van der Waals surface area contributed by atoms with Crippen molar-refractivity contribution in [2.24, 2.45) is 5.92 Å². The van der Waals surface area contributed by atoms with E-state index in [0.717, 1.165) is 6.92 Å². The number of amides is 1. The van der Waals surface area contributed by atoms with Gasteiger partial charge in [-0.3, -0.25) is 4.79 Å². The fraction of sp³-hybridized carbons (Fsp3) is 0.455. The van der Waals surface area contributed by atoms with Crippen molar-refractivity contribution in [1.82, 2.24) is 10.3 Å². The fourth-order valence-electron chi connectivity index (χ4n) is 1.26. The Labute approximate surface area is 116 Å². The van der Waals surface area contributed by atoms with E-state index in [1.54, 1.807) is 6.07 Å². The summed E-state index contributed by atoms with van der Waals surface area (Å²) in [6.07, 6.45) is -3.06. The van der Waals surface area contributed by atoms with Crippen LogP contribution in [0.25, 0.3) is 0 Å². The second-order valence-corrected chi connectivity index (χ2v) is 4.72. The summed E-state index contributed by atoms with van der Waals surface area (Å²) in [7, 11) is 1.39. The van der Waals surface area contributed by atoms with Gasteiger partial charge in [0.15, 0.2) is 0 Å². The summed E-state index contributed by atoms with van der Waals surface area (Å²) in [6.45, 7) is 0.723. The van der Waals surface area contributed by atoms with E-state index in [-0.39, 0.29) is 12.4 Å². The maximum Gasteiger partial charge on any atom is 0.400 e. The number of ether oxygens (including phenoxy) is 1. The highest BCUT2D eigenvalue weighted by Crippen LogP contribution is 2.26. The standard InChI is InChI=1S/C11H12BrF3N2O2/c1-6(11(13,14)15)9(18)16-4-7-3-8(12)5-17-10(7)19-2/h3,5-6H,4H2,1-2H3,(H,16,18). The number of aromatic nitrogens is 1. The number of nitrogens with one attached hydrogen (secondary N) is 1. The minimum atomic E-state index is -4.55. The van der Waals surface area contributed by atoms with Gasteiger partial charge in [-0.1, -0.05) is 0 Å². The second kappa shape index (κ2) is 6.23. The molecule has 1 amide bonds. The molecule has 0 fully saturated rings. The number of halogens is 4. The highest BCUT2D eigenvalue weighted by Gasteiger charge is 2.40. The number of hydrogen-bond acceptors (Lipinski definition) is 3. The van der Waals surface area contributed by atoms with Crippen LogP contribution in [0, 0.1) is 5.92 Å². The maximum atomic E-state index is 12.3. The Bertz CT molecular complexity index is 466. The van der Waals surface area contributed by atoms with E-state index in [1.165, 1.54) is 13.3 Å². The first-order valence-electron chi connectivity index (χ1n) is 5.28. The van der Waals surface area contributed by atoms with Crippen LogP contribution in [-0.2, 0) is 11.3 Å². The molecule has 0 radical (unpaired) electrons. The molecule has 1 aromatic heterocycles. The van der Waals surface area contributed by atoms with E-state index in [9.17, 15) is 18.0 Å². The maximum absolute atomic E-state index is 12.3. The SMILES string of the molecule is COc1ncc(Br)cc1CNC(=O)C(C)C(F)(F)F. The summed E-state index contributed by atoms with van der Waals surface area (Å²) in [5.74, 6) is -2.89. The van der Waals surface area contributed by atoms with Crippen LogP contribution in [0.2, 0.25) is 0 Å². The number of alkyl halides is 3. The van der Waals surface area contributed by atoms with Crippen molar-refractivity contribution in [2.75, 3.05) is 7.11 Å². The van der Waals surface area contributed by atoms with Crippen LogP contribution in [0.4, 0.5) is 13.2 Å². The van der Waals surface area contributed by atoms with E-state index in [1.807, 2.05) is 0 Å². The van der Waals surface area contributed by atoms with Crippen LogP contribution in [-0.4, -0.2) is 24.2 Å². The number of methoxy groups -OCH3 is 1. The average molecular weight is 341 g/mol. The molecule has 1 aromatic rings. The molecule has 0 aromatic carbocycles. The molecule has 0 aliphatic carbocycles. The number of carbonyl (C=O) groups is 1. The van der Waals surface area contributed by atoms with Gasteiger partial charge in [0.05, 0.1) is 7.11 Å². The van der Waals surface area contributed by atoms with E-state index >= 15 is 0 Å². The summed E-state index contributed by atoms with van der Waals surface area (Å²) in [5.41, 5.74) is 0.486. The lowest BCUT2D eigenvalue weighted by atomic mass is 10.1. The van der Waals surface area contributed by atoms with Crippen molar-refractivity contribution in [1.29, 1.82) is 0 Å². The van der Waals surface area contributed by atoms with Crippen LogP contribution in [0.5, 0.6) is 5.88 Å². The van der Waals surface area contributed by atoms with E-state index in [0.29, 0.717) is 10.0 Å². The zero-order valence-electron chi connectivity index (χ0n) is 10.2. The van der Waals surface area contributed by atoms with Crippen molar-refractivity contribution in [3.63, 3.8) is 0 Å².